The molecule has 2 aromatic carbocycles. The minimum atomic E-state index is -3.44. The van der Waals surface area contributed by atoms with E-state index in [1.165, 1.54) is 0 Å². The Labute approximate surface area is 149 Å². The van der Waals surface area contributed by atoms with Crippen molar-refractivity contribution < 1.29 is 13.2 Å². The van der Waals surface area contributed by atoms with Gasteiger partial charge in [-0.25, -0.2) is 8.42 Å². The van der Waals surface area contributed by atoms with E-state index in [-0.39, 0.29) is 23.0 Å². The third-order valence-electron chi connectivity index (χ3n) is 4.61. The molecule has 25 heavy (non-hydrogen) atoms. The smallest absolute Gasteiger partial charge is 0.223 e. The van der Waals surface area contributed by atoms with E-state index in [1.807, 2.05) is 42.5 Å². The Morgan fingerprint density at radius 1 is 0.840 bits per heavy atom. The van der Waals surface area contributed by atoms with E-state index in [9.17, 15) is 13.2 Å². The number of carbonyl (C=O) groups is 1. The van der Waals surface area contributed by atoms with Gasteiger partial charge in [-0.15, -0.1) is 0 Å². The first kappa shape index (κ1) is 17.7. The van der Waals surface area contributed by atoms with Crippen LogP contribution in [0.3, 0.4) is 0 Å². The molecule has 0 unspecified atom stereocenters. The molecule has 1 amide bonds. The molecule has 3 rings (SSSR count). The number of sulfone groups is 1. The molecular weight excluding hydrogens is 334 g/mol. The lowest BCUT2D eigenvalue weighted by Crippen LogP contribution is -2.36. The zero-order valence-corrected chi connectivity index (χ0v) is 15.0. The number of piperidine rings is 1. The lowest BCUT2D eigenvalue weighted by atomic mass is 10.1. The fourth-order valence-electron chi connectivity index (χ4n) is 3.13. The third-order valence-corrected chi connectivity index (χ3v) is 6.35. The summed E-state index contributed by atoms with van der Waals surface area (Å²) < 4.78 is 25.0. The topological polar surface area (TPSA) is 54.5 Å². The van der Waals surface area contributed by atoms with E-state index >= 15 is 0 Å². The first-order valence-corrected chi connectivity index (χ1v) is 10.4. The van der Waals surface area contributed by atoms with Gasteiger partial charge in [0.15, 0.2) is 9.84 Å². The molecule has 1 fully saturated rings. The number of nitrogens with zero attached hydrogens (tertiary/aromatic N) is 1. The summed E-state index contributed by atoms with van der Waals surface area (Å²) in [5.74, 6) is -0.184. The van der Waals surface area contributed by atoms with Gasteiger partial charge < -0.3 is 4.90 Å². The number of hydrogen-bond donors (Lipinski definition) is 0. The molecule has 0 aliphatic carbocycles. The van der Waals surface area contributed by atoms with E-state index in [0.717, 1.165) is 43.5 Å². The van der Waals surface area contributed by atoms with Crippen LogP contribution in [0.25, 0.3) is 11.1 Å². The highest BCUT2D eigenvalue weighted by Crippen LogP contribution is 2.22. The van der Waals surface area contributed by atoms with Crippen LogP contribution in [0.4, 0.5) is 0 Å². The van der Waals surface area contributed by atoms with Gasteiger partial charge in [0.2, 0.25) is 5.91 Å². The standard InChI is InChI=1S/C20H23NO3S/c22-20(21-14-5-2-6-15-21)13-16-25(23,24)19-11-9-18(10-12-19)17-7-3-1-4-8-17/h1,3-4,7-12H,2,5-6,13-16H2. The van der Waals surface area contributed by atoms with Crippen molar-refractivity contribution in [2.45, 2.75) is 30.6 Å². The van der Waals surface area contributed by atoms with Crippen molar-refractivity contribution in [2.24, 2.45) is 0 Å². The van der Waals surface area contributed by atoms with Gasteiger partial charge in [-0.3, -0.25) is 4.79 Å². The van der Waals surface area contributed by atoms with Crippen molar-refractivity contribution in [3.8, 4) is 11.1 Å². The summed E-state index contributed by atoms with van der Waals surface area (Å²) in [4.78, 5) is 14.2. The fourth-order valence-corrected chi connectivity index (χ4v) is 4.36. The highest BCUT2D eigenvalue weighted by atomic mass is 32.2. The normalized spacial score (nSPS) is 15.1. The van der Waals surface area contributed by atoms with Crippen LogP contribution in [0.2, 0.25) is 0 Å². The Morgan fingerprint density at radius 3 is 2.08 bits per heavy atom. The minimum Gasteiger partial charge on any atom is -0.343 e. The van der Waals surface area contributed by atoms with Crippen LogP contribution >= 0.6 is 0 Å². The van der Waals surface area contributed by atoms with Gasteiger partial charge in [0.25, 0.3) is 0 Å². The lowest BCUT2D eigenvalue weighted by Gasteiger charge is -2.26. The zero-order chi connectivity index (χ0) is 17.7. The highest BCUT2D eigenvalue weighted by molar-refractivity contribution is 7.91. The Bertz CT molecular complexity index is 808. The van der Waals surface area contributed by atoms with Gasteiger partial charge in [0.05, 0.1) is 10.6 Å². The summed E-state index contributed by atoms with van der Waals surface area (Å²) in [5, 5.41) is 0. The number of hydrogen-bond acceptors (Lipinski definition) is 3. The Hall–Kier alpha value is -2.14. The maximum Gasteiger partial charge on any atom is 0.223 e. The molecule has 0 N–H and O–H groups in total. The van der Waals surface area contributed by atoms with E-state index in [2.05, 4.69) is 0 Å². The summed E-state index contributed by atoms with van der Waals surface area (Å²) >= 11 is 0. The Morgan fingerprint density at radius 2 is 1.44 bits per heavy atom. The first-order valence-electron chi connectivity index (χ1n) is 8.72. The predicted molar refractivity (Wildman–Crippen MR) is 99.0 cm³/mol. The number of likely N-dealkylation sites (tertiary alicyclic amines) is 1. The average molecular weight is 357 g/mol. The molecule has 1 heterocycles. The molecule has 1 aliphatic rings. The van der Waals surface area contributed by atoms with Crippen LogP contribution in [0.1, 0.15) is 25.7 Å². The average Bonchev–Trinajstić information content (AvgIpc) is 2.68. The molecule has 0 spiro atoms. The quantitative estimate of drug-likeness (QED) is 0.822. The van der Waals surface area contributed by atoms with Crippen molar-refractivity contribution in [2.75, 3.05) is 18.8 Å². The van der Waals surface area contributed by atoms with E-state index in [1.54, 1.807) is 17.0 Å². The van der Waals surface area contributed by atoms with Crippen molar-refractivity contribution in [3.63, 3.8) is 0 Å². The molecule has 0 bridgehead atoms. The zero-order valence-electron chi connectivity index (χ0n) is 14.2. The number of benzene rings is 2. The molecule has 0 aromatic heterocycles. The number of rotatable bonds is 5. The summed E-state index contributed by atoms with van der Waals surface area (Å²) in [7, 11) is -3.44. The molecule has 0 radical (unpaired) electrons. The maximum atomic E-state index is 12.5. The van der Waals surface area contributed by atoms with Gasteiger partial charge in [0.1, 0.15) is 0 Å². The molecule has 0 saturated carbocycles. The first-order chi connectivity index (χ1) is 12.1. The Kier molecular flexibility index (Phi) is 5.53. The summed E-state index contributed by atoms with van der Waals surface area (Å²) in [6.07, 6.45) is 3.23. The third kappa shape index (κ3) is 4.48. The van der Waals surface area contributed by atoms with E-state index in [4.69, 9.17) is 0 Å². The van der Waals surface area contributed by atoms with Crippen LogP contribution in [0.15, 0.2) is 59.5 Å². The van der Waals surface area contributed by atoms with Crippen LogP contribution in [0, 0.1) is 0 Å². The van der Waals surface area contributed by atoms with Crippen molar-refractivity contribution in [3.05, 3.63) is 54.6 Å². The summed E-state index contributed by atoms with van der Waals surface area (Å²) in [6, 6.07) is 16.7. The second-order valence-corrected chi connectivity index (χ2v) is 8.51. The predicted octanol–water partition coefficient (Wildman–Crippen LogP) is 3.53. The molecule has 1 aliphatic heterocycles. The molecule has 5 heteroatoms. The van der Waals surface area contributed by atoms with Crippen molar-refractivity contribution in [1.29, 1.82) is 0 Å². The van der Waals surface area contributed by atoms with E-state index in [0.29, 0.717) is 0 Å². The molecule has 2 aromatic rings. The number of carbonyl (C=O) groups excluding carboxylic acids is 1. The summed E-state index contributed by atoms with van der Waals surface area (Å²) in [6.45, 7) is 1.51. The second-order valence-electron chi connectivity index (χ2n) is 6.40. The van der Waals surface area contributed by atoms with Crippen LogP contribution < -0.4 is 0 Å². The van der Waals surface area contributed by atoms with Crippen LogP contribution in [0.5, 0.6) is 0 Å². The van der Waals surface area contributed by atoms with Crippen molar-refractivity contribution >= 4 is 15.7 Å². The minimum absolute atomic E-state index is 0.0517. The number of amides is 1. The second kappa shape index (κ2) is 7.83. The lowest BCUT2D eigenvalue weighted by molar-refractivity contribution is -0.131. The Balaban J connectivity index is 1.64. The van der Waals surface area contributed by atoms with Gasteiger partial charge >= 0.3 is 0 Å². The van der Waals surface area contributed by atoms with Crippen molar-refractivity contribution in [1.82, 2.24) is 4.90 Å². The molecule has 132 valence electrons. The van der Waals surface area contributed by atoms with Gasteiger partial charge in [-0.05, 0) is 42.5 Å². The van der Waals surface area contributed by atoms with Gasteiger partial charge in [0, 0.05) is 19.5 Å². The fraction of sp³-hybridized carbons (Fsp3) is 0.350. The maximum absolute atomic E-state index is 12.5. The molecular formula is C20H23NO3S. The van der Waals surface area contributed by atoms with E-state index < -0.39 is 9.84 Å². The SMILES string of the molecule is O=C(CCS(=O)(=O)c1ccc(-c2ccccc2)cc1)N1CCCCC1. The highest BCUT2D eigenvalue weighted by Gasteiger charge is 2.21. The monoisotopic (exact) mass is 357 g/mol. The largest absolute Gasteiger partial charge is 0.343 e. The van der Waals surface area contributed by atoms with Crippen LogP contribution in [-0.2, 0) is 14.6 Å². The molecule has 0 atom stereocenters. The van der Waals surface area contributed by atoms with Gasteiger partial charge in [-0.1, -0.05) is 42.5 Å². The van der Waals surface area contributed by atoms with Gasteiger partial charge in [-0.2, -0.15) is 0 Å². The molecule has 4 nitrogen and oxygen atoms in total. The van der Waals surface area contributed by atoms with Crippen LogP contribution in [-0.4, -0.2) is 38.1 Å². The molecule has 1 saturated heterocycles. The summed E-state index contributed by atoms with van der Waals surface area (Å²) in [5.41, 5.74) is 2.02.